The molecule has 0 saturated carbocycles. The predicted molar refractivity (Wildman–Crippen MR) is 118 cm³/mol. The van der Waals surface area contributed by atoms with Crippen LogP contribution in [0, 0.1) is 6.92 Å². The van der Waals surface area contributed by atoms with Gasteiger partial charge in [0.25, 0.3) is 11.8 Å². The fraction of sp³-hybridized carbons (Fsp3) is 0.304. The highest BCUT2D eigenvalue weighted by molar-refractivity contribution is 6.45. The maximum atomic E-state index is 13.4. The minimum Gasteiger partial charge on any atom is -0.491 e. The number of halogens is 1. The number of likely N-dealkylation sites (N-methyl/N-ethyl adjacent to an activating group) is 1. The van der Waals surface area contributed by atoms with E-state index in [1.54, 1.807) is 61.3 Å². The number of aliphatic hydroxyl groups excluding tert-OH is 1. The van der Waals surface area contributed by atoms with Crippen LogP contribution in [-0.2, 0) is 9.59 Å². The molecule has 2 aromatic rings. The van der Waals surface area contributed by atoms with Gasteiger partial charge in [-0.3, -0.25) is 9.59 Å². The minimum atomic E-state index is -0.432. The smallest absolute Gasteiger partial charge is 0.282 e. The van der Waals surface area contributed by atoms with Crippen molar-refractivity contribution in [1.82, 2.24) is 4.90 Å². The molecule has 6 nitrogen and oxygen atoms in total. The van der Waals surface area contributed by atoms with Gasteiger partial charge in [-0.2, -0.15) is 0 Å². The van der Waals surface area contributed by atoms with Crippen LogP contribution in [0.25, 0.3) is 5.57 Å². The van der Waals surface area contributed by atoms with Crippen LogP contribution in [0.2, 0.25) is 5.02 Å². The highest BCUT2D eigenvalue weighted by atomic mass is 35.5. The van der Waals surface area contributed by atoms with Gasteiger partial charge in [-0.1, -0.05) is 23.7 Å². The number of aliphatic hydroxyl groups is 1. The van der Waals surface area contributed by atoms with Gasteiger partial charge in [0.1, 0.15) is 11.4 Å². The number of carbonyl (C=O) groups excluding carboxylic acids is 2. The Hall–Kier alpha value is -2.83. The van der Waals surface area contributed by atoms with E-state index in [4.69, 9.17) is 16.3 Å². The van der Waals surface area contributed by atoms with Crippen LogP contribution in [0.1, 0.15) is 25.0 Å². The molecule has 158 valence electrons. The SMILES string of the molecule is Cc1cc(Cl)ccc1N1C(=O)C(c2ccc(OC(C)C)cc2)=C(N(C)CCO)C1=O. The van der Waals surface area contributed by atoms with Crippen LogP contribution in [0.15, 0.2) is 48.2 Å². The monoisotopic (exact) mass is 428 g/mol. The number of hydrogen-bond donors (Lipinski definition) is 1. The third kappa shape index (κ3) is 4.20. The van der Waals surface area contributed by atoms with Crippen molar-refractivity contribution in [2.24, 2.45) is 0 Å². The zero-order chi connectivity index (χ0) is 22.0. The highest BCUT2D eigenvalue weighted by Crippen LogP contribution is 2.36. The van der Waals surface area contributed by atoms with Crippen molar-refractivity contribution >= 4 is 34.7 Å². The lowest BCUT2D eigenvalue weighted by atomic mass is 10.0. The number of benzene rings is 2. The normalized spacial score (nSPS) is 14.2. The zero-order valence-electron chi connectivity index (χ0n) is 17.5. The van der Waals surface area contributed by atoms with Gasteiger partial charge in [0.15, 0.2) is 0 Å². The van der Waals surface area contributed by atoms with Crippen molar-refractivity contribution in [3.63, 3.8) is 0 Å². The van der Waals surface area contributed by atoms with Crippen LogP contribution < -0.4 is 9.64 Å². The molecule has 30 heavy (non-hydrogen) atoms. The molecule has 1 aliphatic rings. The topological polar surface area (TPSA) is 70.1 Å². The summed E-state index contributed by atoms with van der Waals surface area (Å²) in [5.41, 5.74) is 2.36. The first-order chi connectivity index (χ1) is 14.2. The van der Waals surface area contributed by atoms with Crippen LogP contribution >= 0.6 is 11.6 Å². The molecule has 2 amide bonds. The Bertz CT molecular complexity index is 999. The Morgan fingerprint density at radius 2 is 1.77 bits per heavy atom. The average molecular weight is 429 g/mol. The molecule has 0 bridgehead atoms. The van der Waals surface area contributed by atoms with Crippen molar-refractivity contribution in [1.29, 1.82) is 0 Å². The summed E-state index contributed by atoms with van der Waals surface area (Å²) in [6.45, 7) is 5.75. The largest absolute Gasteiger partial charge is 0.491 e. The lowest BCUT2D eigenvalue weighted by Crippen LogP contribution is -2.35. The molecule has 0 spiro atoms. The van der Waals surface area contributed by atoms with Crippen LogP contribution in [0.4, 0.5) is 5.69 Å². The van der Waals surface area contributed by atoms with E-state index in [2.05, 4.69) is 0 Å². The number of amides is 2. The lowest BCUT2D eigenvalue weighted by molar-refractivity contribution is -0.120. The average Bonchev–Trinajstić information content (AvgIpc) is 2.93. The lowest BCUT2D eigenvalue weighted by Gasteiger charge is -2.21. The van der Waals surface area contributed by atoms with E-state index >= 15 is 0 Å². The molecule has 0 radical (unpaired) electrons. The van der Waals surface area contributed by atoms with Gasteiger partial charge in [-0.15, -0.1) is 0 Å². The van der Waals surface area contributed by atoms with Crippen LogP contribution in [0.3, 0.4) is 0 Å². The second-order valence-electron chi connectivity index (χ2n) is 7.44. The summed E-state index contributed by atoms with van der Waals surface area (Å²) in [5.74, 6) is -0.164. The second kappa shape index (κ2) is 8.90. The van der Waals surface area contributed by atoms with E-state index in [0.717, 1.165) is 5.56 Å². The molecule has 0 atom stereocenters. The van der Waals surface area contributed by atoms with E-state index in [1.807, 2.05) is 13.8 Å². The molecule has 0 saturated heterocycles. The van der Waals surface area contributed by atoms with E-state index in [9.17, 15) is 14.7 Å². The molecule has 3 rings (SSSR count). The maximum absolute atomic E-state index is 13.4. The first-order valence-corrected chi connectivity index (χ1v) is 10.1. The Morgan fingerprint density at radius 1 is 1.10 bits per heavy atom. The van der Waals surface area contributed by atoms with Gasteiger partial charge >= 0.3 is 0 Å². The van der Waals surface area contributed by atoms with Crippen LogP contribution in [0.5, 0.6) is 5.75 Å². The molecule has 0 aliphatic carbocycles. The van der Waals surface area contributed by atoms with Crippen molar-refractivity contribution in [2.45, 2.75) is 26.9 Å². The summed E-state index contributed by atoms with van der Waals surface area (Å²) in [6, 6.07) is 12.1. The Morgan fingerprint density at radius 3 is 2.33 bits per heavy atom. The fourth-order valence-corrected chi connectivity index (χ4v) is 3.68. The molecule has 1 N–H and O–H groups in total. The number of carbonyl (C=O) groups is 2. The molecule has 7 heteroatoms. The Kier molecular flexibility index (Phi) is 6.48. The van der Waals surface area contributed by atoms with Crippen molar-refractivity contribution in [3.8, 4) is 5.75 Å². The van der Waals surface area contributed by atoms with Crippen molar-refractivity contribution < 1.29 is 19.4 Å². The Balaban J connectivity index is 2.08. The van der Waals surface area contributed by atoms with E-state index in [1.165, 1.54) is 4.90 Å². The van der Waals surface area contributed by atoms with Gasteiger partial charge in [-0.05, 0) is 62.2 Å². The molecule has 1 heterocycles. The van der Waals surface area contributed by atoms with E-state index in [0.29, 0.717) is 27.6 Å². The Labute approximate surface area is 181 Å². The number of anilines is 1. The summed E-state index contributed by atoms with van der Waals surface area (Å²) >= 11 is 6.05. The first kappa shape index (κ1) is 21.9. The maximum Gasteiger partial charge on any atom is 0.282 e. The van der Waals surface area contributed by atoms with Crippen molar-refractivity contribution in [2.75, 3.05) is 25.1 Å². The number of nitrogens with zero attached hydrogens (tertiary/aromatic N) is 2. The summed E-state index contributed by atoms with van der Waals surface area (Å²) in [4.78, 5) is 29.5. The summed E-state index contributed by atoms with van der Waals surface area (Å²) < 4.78 is 5.68. The molecule has 1 aliphatic heterocycles. The van der Waals surface area contributed by atoms with Gasteiger partial charge in [-0.25, -0.2) is 4.90 Å². The summed E-state index contributed by atoms with van der Waals surface area (Å²) in [7, 11) is 1.69. The predicted octanol–water partition coefficient (Wildman–Crippen LogP) is 3.64. The number of hydrogen-bond acceptors (Lipinski definition) is 5. The number of aryl methyl sites for hydroxylation is 1. The van der Waals surface area contributed by atoms with Gasteiger partial charge in [0.05, 0.1) is 24.0 Å². The van der Waals surface area contributed by atoms with Gasteiger partial charge in [0.2, 0.25) is 0 Å². The standard InChI is InChI=1S/C23H25ClN2O4/c1-14(2)30-18-8-5-16(6-9-18)20-21(25(4)11-12-27)23(29)26(22(20)28)19-10-7-17(24)13-15(19)3/h5-10,13-14,27H,11-12H2,1-4H3. The van der Waals surface area contributed by atoms with Crippen LogP contribution in [-0.4, -0.2) is 48.1 Å². The van der Waals surface area contributed by atoms with E-state index < -0.39 is 11.8 Å². The first-order valence-electron chi connectivity index (χ1n) is 9.73. The van der Waals surface area contributed by atoms with Gasteiger partial charge in [0, 0.05) is 18.6 Å². The molecule has 0 unspecified atom stereocenters. The number of imide groups is 1. The number of ether oxygens (including phenoxy) is 1. The highest BCUT2D eigenvalue weighted by Gasteiger charge is 2.42. The molecular formula is C23H25ClN2O4. The fourth-order valence-electron chi connectivity index (χ4n) is 3.46. The third-order valence-corrected chi connectivity index (χ3v) is 5.03. The molecule has 0 fully saturated rings. The van der Waals surface area contributed by atoms with Gasteiger partial charge < -0.3 is 14.7 Å². The molecule has 0 aromatic heterocycles. The minimum absolute atomic E-state index is 0.0272. The molecule has 2 aromatic carbocycles. The zero-order valence-corrected chi connectivity index (χ0v) is 18.2. The summed E-state index contributed by atoms with van der Waals surface area (Å²) in [5, 5.41) is 9.91. The number of rotatable bonds is 7. The quantitative estimate of drug-likeness (QED) is 0.682. The molecular weight excluding hydrogens is 404 g/mol. The van der Waals surface area contributed by atoms with E-state index in [-0.39, 0.29) is 25.0 Å². The summed E-state index contributed by atoms with van der Waals surface area (Å²) in [6.07, 6.45) is 0.0272. The second-order valence-corrected chi connectivity index (χ2v) is 7.87. The van der Waals surface area contributed by atoms with Crippen molar-refractivity contribution in [3.05, 3.63) is 64.3 Å². The third-order valence-electron chi connectivity index (χ3n) is 4.79.